The molecule has 1 radical (unpaired) electrons. The average molecular weight is 141 g/mol. The van der Waals surface area contributed by atoms with Crippen LogP contribution in [0.15, 0.2) is 0 Å². The summed E-state index contributed by atoms with van der Waals surface area (Å²) in [5.41, 5.74) is 0. The van der Waals surface area contributed by atoms with E-state index in [2.05, 4.69) is 20.3 Å². The van der Waals surface area contributed by atoms with Gasteiger partial charge in [0, 0.05) is 6.61 Å². The van der Waals surface area contributed by atoms with Crippen molar-refractivity contribution in [3.63, 3.8) is 0 Å². The van der Waals surface area contributed by atoms with E-state index in [0.717, 1.165) is 6.61 Å². The summed E-state index contributed by atoms with van der Waals surface area (Å²) in [4.78, 5) is 0. The highest BCUT2D eigenvalue weighted by molar-refractivity contribution is 4.84. The summed E-state index contributed by atoms with van der Waals surface area (Å²) in [6.45, 7) is 5.18. The summed E-state index contributed by atoms with van der Waals surface area (Å²) in [6, 6.07) is 0. The van der Waals surface area contributed by atoms with Crippen LogP contribution in [0, 0.1) is 12.3 Å². The first-order valence-corrected chi connectivity index (χ1v) is 4.29. The highest BCUT2D eigenvalue weighted by Gasteiger charge is 2.20. The molecular weight excluding hydrogens is 124 g/mol. The van der Waals surface area contributed by atoms with E-state index in [4.69, 9.17) is 4.74 Å². The molecule has 0 aromatic carbocycles. The fourth-order valence-corrected chi connectivity index (χ4v) is 1.56. The lowest BCUT2D eigenvalue weighted by atomic mass is 9.88. The van der Waals surface area contributed by atoms with E-state index in [9.17, 15) is 0 Å². The molecule has 0 heterocycles. The zero-order valence-electron chi connectivity index (χ0n) is 6.97. The molecule has 0 saturated heterocycles. The van der Waals surface area contributed by atoms with Crippen molar-refractivity contribution in [2.75, 3.05) is 6.61 Å². The molecule has 0 bridgehead atoms. The van der Waals surface area contributed by atoms with Crippen molar-refractivity contribution in [2.24, 2.45) is 5.92 Å². The summed E-state index contributed by atoms with van der Waals surface area (Å²) >= 11 is 0. The maximum atomic E-state index is 5.56. The molecule has 1 saturated carbocycles. The Morgan fingerprint density at radius 2 is 2.40 bits per heavy atom. The van der Waals surface area contributed by atoms with Gasteiger partial charge < -0.3 is 4.74 Å². The molecule has 1 heteroatoms. The quantitative estimate of drug-likeness (QED) is 0.574. The van der Waals surface area contributed by atoms with E-state index in [1.165, 1.54) is 19.3 Å². The molecule has 1 aliphatic carbocycles. The van der Waals surface area contributed by atoms with Gasteiger partial charge in [-0.3, -0.25) is 0 Å². The van der Waals surface area contributed by atoms with Crippen molar-refractivity contribution in [2.45, 2.75) is 39.2 Å². The Balaban J connectivity index is 2.25. The van der Waals surface area contributed by atoms with Crippen LogP contribution in [0.3, 0.4) is 0 Å². The third-order valence-electron chi connectivity index (χ3n) is 2.20. The van der Waals surface area contributed by atoms with E-state index in [-0.39, 0.29) is 0 Å². The molecular formula is C9H17O. The van der Waals surface area contributed by atoms with Gasteiger partial charge in [0.05, 0.1) is 6.10 Å². The van der Waals surface area contributed by atoms with Crippen molar-refractivity contribution in [3.05, 3.63) is 6.42 Å². The normalized spacial score (nSPS) is 34.2. The summed E-state index contributed by atoms with van der Waals surface area (Å²) in [5, 5.41) is 0. The topological polar surface area (TPSA) is 9.23 Å². The Bertz CT molecular complexity index is 88.7. The van der Waals surface area contributed by atoms with Gasteiger partial charge in [-0.1, -0.05) is 13.3 Å². The lowest BCUT2D eigenvalue weighted by molar-refractivity contribution is 0.0175. The Kier molecular flexibility index (Phi) is 3.20. The van der Waals surface area contributed by atoms with Crippen LogP contribution in [0.4, 0.5) is 0 Å². The van der Waals surface area contributed by atoms with Gasteiger partial charge in [-0.2, -0.15) is 0 Å². The van der Waals surface area contributed by atoms with Gasteiger partial charge in [0.15, 0.2) is 0 Å². The van der Waals surface area contributed by atoms with Gasteiger partial charge in [0.25, 0.3) is 0 Å². The smallest absolute Gasteiger partial charge is 0.0603 e. The fourth-order valence-electron chi connectivity index (χ4n) is 1.56. The van der Waals surface area contributed by atoms with Crippen molar-refractivity contribution in [1.82, 2.24) is 0 Å². The van der Waals surface area contributed by atoms with Gasteiger partial charge >= 0.3 is 0 Å². The molecule has 0 amide bonds. The Morgan fingerprint density at radius 3 is 3.00 bits per heavy atom. The van der Waals surface area contributed by atoms with E-state index >= 15 is 0 Å². The first kappa shape index (κ1) is 8.06. The second-order valence-corrected chi connectivity index (χ2v) is 3.02. The molecule has 59 valence electrons. The molecule has 1 nitrogen and oxygen atoms in total. The summed E-state index contributed by atoms with van der Waals surface area (Å²) in [5.74, 6) is 0.675. The molecule has 1 aliphatic rings. The second kappa shape index (κ2) is 3.97. The van der Waals surface area contributed by atoms with Crippen LogP contribution in [-0.2, 0) is 4.74 Å². The molecule has 1 rings (SSSR count). The van der Waals surface area contributed by atoms with Crippen molar-refractivity contribution in [3.8, 4) is 0 Å². The summed E-state index contributed by atoms with van der Waals surface area (Å²) in [7, 11) is 0. The Labute approximate surface area is 63.8 Å². The minimum Gasteiger partial charge on any atom is -0.378 e. The monoisotopic (exact) mass is 141 g/mol. The first-order valence-electron chi connectivity index (χ1n) is 4.29. The third kappa shape index (κ3) is 1.98. The highest BCUT2D eigenvalue weighted by atomic mass is 16.5. The van der Waals surface area contributed by atoms with Crippen LogP contribution in [0.2, 0.25) is 0 Å². The predicted octanol–water partition coefficient (Wildman–Crippen LogP) is 2.42. The molecule has 1 fully saturated rings. The molecule has 0 aromatic rings. The van der Waals surface area contributed by atoms with Gasteiger partial charge in [0.2, 0.25) is 0 Å². The predicted molar refractivity (Wildman–Crippen MR) is 42.7 cm³/mol. The zero-order chi connectivity index (χ0) is 7.40. The van der Waals surface area contributed by atoms with E-state index in [0.29, 0.717) is 12.0 Å². The van der Waals surface area contributed by atoms with Crippen LogP contribution in [0.5, 0.6) is 0 Å². The third-order valence-corrected chi connectivity index (χ3v) is 2.20. The standard InChI is InChI=1S/C9H17O/c1-3-10-9-7-5-4-6-8(9)2/h6,8-9H,3-5,7H2,1-2H3. The van der Waals surface area contributed by atoms with Crippen molar-refractivity contribution >= 4 is 0 Å². The largest absolute Gasteiger partial charge is 0.378 e. The number of rotatable bonds is 2. The fraction of sp³-hybridized carbons (Fsp3) is 0.889. The minimum atomic E-state index is 0.513. The molecule has 2 unspecified atom stereocenters. The van der Waals surface area contributed by atoms with E-state index in [1.54, 1.807) is 0 Å². The van der Waals surface area contributed by atoms with E-state index in [1.807, 2.05) is 0 Å². The minimum absolute atomic E-state index is 0.513. The molecule has 10 heavy (non-hydrogen) atoms. The van der Waals surface area contributed by atoms with Gasteiger partial charge in [-0.25, -0.2) is 0 Å². The van der Waals surface area contributed by atoms with Crippen molar-refractivity contribution in [1.29, 1.82) is 0 Å². The SMILES string of the molecule is CCOC1CCC[CH]C1C. The summed E-state index contributed by atoms with van der Waals surface area (Å²) < 4.78 is 5.56. The van der Waals surface area contributed by atoms with Crippen molar-refractivity contribution < 1.29 is 4.74 Å². The molecule has 0 spiro atoms. The molecule has 0 aromatic heterocycles. The Morgan fingerprint density at radius 1 is 1.60 bits per heavy atom. The maximum Gasteiger partial charge on any atom is 0.0603 e. The summed E-state index contributed by atoms with van der Waals surface area (Å²) in [6.07, 6.45) is 6.74. The van der Waals surface area contributed by atoms with E-state index < -0.39 is 0 Å². The molecule has 0 aliphatic heterocycles. The lowest BCUT2D eigenvalue weighted by Crippen LogP contribution is -2.25. The lowest BCUT2D eigenvalue weighted by Gasteiger charge is -2.27. The van der Waals surface area contributed by atoms with Crippen LogP contribution in [0.1, 0.15) is 33.1 Å². The number of ether oxygens (including phenoxy) is 1. The van der Waals surface area contributed by atoms with Crippen LogP contribution in [-0.4, -0.2) is 12.7 Å². The molecule has 2 atom stereocenters. The first-order chi connectivity index (χ1) is 4.84. The maximum absolute atomic E-state index is 5.56. The number of hydrogen-bond acceptors (Lipinski definition) is 1. The zero-order valence-corrected chi connectivity index (χ0v) is 6.97. The highest BCUT2D eigenvalue weighted by Crippen LogP contribution is 2.24. The van der Waals surface area contributed by atoms with Crippen LogP contribution in [0.25, 0.3) is 0 Å². The number of hydrogen-bond donors (Lipinski definition) is 0. The Hall–Kier alpha value is -0.0400. The molecule has 0 N–H and O–H groups in total. The van der Waals surface area contributed by atoms with Gasteiger partial charge in [-0.05, 0) is 32.1 Å². The van der Waals surface area contributed by atoms with Crippen LogP contribution >= 0.6 is 0 Å². The van der Waals surface area contributed by atoms with Gasteiger partial charge in [0.1, 0.15) is 0 Å². The average Bonchev–Trinajstić information content (AvgIpc) is 1.94. The second-order valence-electron chi connectivity index (χ2n) is 3.02. The van der Waals surface area contributed by atoms with Crippen LogP contribution < -0.4 is 0 Å². The van der Waals surface area contributed by atoms with Gasteiger partial charge in [-0.15, -0.1) is 0 Å².